The highest BCUT2D eigenvalue weighted by Gasteiger charge is 2.32. The predicted octanol–water partition coefficient (Wildman–Crippen LogP) is 4.40. The van der Waals surface area contributed by atoms with Crippen LogP contribution in [0.2, 0.25) is 5.02 Å². The number of nitrogens with zero attached hydrogens (tertiary/aromatic N) is 1. The molecule has 0 aliphatic rings. The van der Waals surface area contributed by atoms with Crippen molar-refractivity contribution in [2.24, 2.45) is 0 Å². The minimum absolute atomic E-state index is 0.0357. The van der Waals surface area contributed by atoms with E-state index in [1.165, 1.54) is 12.1 Å². The molecular formula is C20H21ClF4N2O3S. The molecule has 0 spiro atoms. The van der Waals surface area contributed by atoms with Crippen LogP contribution in [0.4, 0.5) is 23.2 Å². The van der Waals surface area contributed by atoms with Crippen LogP contribution in [-0.4, -0.2) is 33.7 Å². The van der Waals surface area contributed by atoms with Crippen molar-refractivity contribution in [1.82, 2.24) is 5.32 Å². The average molecular weight is 481 g/mol. The Hall–Kier alpha value is -2.33. The molecule has 0 aliphatic heterocycles. The summed E-state index contributed by atoms with van der Waals surface area (Å²) in [6.45, 7) is 0.0883. The van der Waals surface area contributed by atoms with Crippen LogP contribution in [0, 0.1) is 5.82 Å². The number of benzene rings is 2. The maximum absolute atomic E-state index is 13.0. The number of sulfonamides is 1. The summed E-state index contributed by atoms with van der Waals surface area (Å²) in [5.74, 6) is -0.699. The number of hydrogen-bond acceptors (Lipinski definition) is 3. The van der Waals surface area contributed by atoms with Gasteiger partial charge < -0.3 is 5.32 Å². The average Bonchev–Trinajstić information content (AvgIpc) is 2.66. The van der Waals surface area contributed by atoms with E-state index in [4.69, 9.17) is 11.6 Å². The number of rotatable bonds is 9. The summed E-state index contributed by atoms with van der Waals surface area (Å²) in [6.07, 6.45) is -3.28. The highest BCUT2D eigenvalue weighted by atomic mass is 35.5. The Morgan fingerprint density at radius 3 is 2.35 bits per heavy atom. The molecule has 2 aromatic carbocycles. The quantitative estimate of drug-likeness (QED) is 0.541. The first-order valence-corrected chi connectivity index (χ1v) is 11.5. The van der Waals surface area contributed by atoms with Gasteiger partial charge in [-0.2, -0.15) is 13.2 Å². The van der Waals surface area contributed by atoms with Crippen molar-refractivity contribution in [3.63, 3.8) is 0 Å². The van der Waals surface area contributed by atoms with Gasteiger partial charge in [0.05, 0.1) is 22.5 Å². The summed E-state index contributed by atoms with van der Waals surface area (Å²) >= 11 is 5.95. The second-order valence-corrected chi connectivity index (χ2v) is 9.14. The number of hydrogen-bond donors (Lipinski definition) is 1. The lowest BCUT2D eigenvalue weighted by Crippen LogP contribution is -2.33. The summed E-state index contributed by atoms with van der Waals surface area (Å²) in [5, 5.41) is 2.51. The molecule has 0 aromatic heterocycles. The minimum atomic E-state index is -4.66. The number of amides is 1. The molecule has 1 amide bonds. The fraction of sp³-hybridized carbons (Fsp3) is 0.350. The van der Waals surface area contributed by atoms with E-state index in [1.54, 1.807) is 12.1 Å². The lowest BCUT2D eigenvalue weighted by Gasteiger charge is -2.24. The molecule has 0 heterocycles. The second-order valence-electron chi connectivity index (χ2n) is 6.83. The Morgan fingerprint density at radius 2 is 1.77 bits per heavy atom. The van der Waals surface area contributed by atoms with Crippen molar-refractivity contribution in [2.75, 3.05) is 23.7 Å². The molecular weight excluding hydrogens is 460 g/mol. The standard InChI is InChI=1S/C20H21ClF4N2O3S/c1-31(29,30)27(18-13-15(20(23,24)25)6-9-17(18)21)12-2-3-19(28)26-11-10-14-4-7-16(22)8-5-14/h4-9,13H,2-3,10-12H2,1H3,(H,26,28). The van der Waals surface area contributed by atoms with Crippen molar-refractivity contribution >= 4 is 33.2 Å². The molecule has 0 bridgehead atoms. The topological polar surface area (TPSA) is 66.5 Å². The molecule has 0 atom stereocenters. The Morgan fingerprint density at radius 1 is 1.13 bits per heavy atom. The van der Waals surface area contributed by atoms with Gasteiger partial charge in [0, 0.05) is 19.5 Å². The van der Waals surface area contributed by atoms with Crippen LogP contribution in [0.25, 0.3) is 0 Å². The molecule has 170 valence electrons. The Bertz CT molecular complexity index is 1010. The highest BCUT2D eigenvalue weighted by Crippen LogP contribution is 2.36. The van der Waals surface area contributed by atoms with E-state index in [0.717, 1.165) is 28.3 Å². The van der Waals surface area contributed by atoms with E-state index >= 15 is 0 Å². The number of carbonyl (C=O) groups excluding carboxylic acids is 1. The normalized spacial score (nSPS) is 11.9. The lowest BCUT2D eigenvalue weighted by molar-refractivity contribution is -0.137. The van der Waals surface area contributed by atoms with Gasteiger partial charge in [0.2, 0.25) is 15.9 Å². The lowest BCUT2D eigenvalue weighted by atomic mass is 10.1. The molecule has 0 radical (unpaired) electrons. The van der Waals surface area contributed by atoms with Crippen LogP contribution in [0.1, 0.15) is 24.0 Å². The van der Waals surface area contributed by atoms with Crippen LogP contribution in [-0.2, 0) is 27.4 Å². The molecule has 0 fully saturated rings. The van der Waals surface area contributed by atoms with Gasteiger partial charge >= 0.3 is 6.18 Å². The van der Waals surface area contributed by atoms with Crippen molar-refractivity contribution < 1.29 is 30.8 Å². The number of alkyl halides is 3. The monoisotopic (exact) mass is 480 g/mol. The summed E-state index contributed by atoms with van der Waals surface area (Å²) in [6, 6.07) is 8.26. The Balaban J connectivity index is 1.95. The molecule has 31 heavy (non-hydrogen) atoms. The summed E-state index contributed by atoms with van der Waals surface area (Å²) < 4.78 is 76.9. The smallest absolute Gasteiger partial charge is 0.356 e. The maximum Gasteiger partial charge on any atom is 0.416 e. The fourth-order valence-corrected chi connectivity index (χ4v) is 4.05. The van der Waals surface area contributed by atoms with E-state index in [9.17, 15) is 30.8 Å². The first kappa shape index (κ1) is 24.9. The van der Waals surface area contributed by atoms with Gasteiger partial charge in [0.1, 0.15) is 5.82 Å². The number of carbonyl (C=O) groups is 1. The molecule has 2 rings (SSSR count). The van der Waals surface area contributed by atoms with Crippen molar-refractivity contribution in [2.45, 2.75) is 25.4 Å². The van der Waals surface area contributed by atoms with Crippen LogP contribution < -0.4 is 9.62 Å². The molecule has 0 unspecified atom stereocenters. The van der Waals surface area contributed by atoms with Gasteiger partial charge in [-0.15, -0.1) is 0 Å². The van der Waals surface area contributed by atoms with Crippen LogP contribution in [0.3, 0.4) is 0 Å². The summed E-state index contributed by atoms with van der Waals surface area (Å²) in [7, 11) is -3.94. The van der Waals surface area contributed by atoms with Gasteiger partial charge in [-0.05, 0) is 48.7 Å². The van der Waals surface area contributed by atoms with Gasteiger partial charge in [-0.1, -0.05) is 23.7 Å². The number of anilines is 1. The third-order valence-electron chi connectivity index (χ3n) is 4.36. The van der Waals surface area contributed by atoms with Crippen LogP contribution in [0.5, 0.6) is 0 Å². The zero-order valence-corrected chi connectivity index (χ0v) is 18.1. The zero-order valence-electron chi connectivity index (χ0n) is 16.5. The maximum atomic E-state index is 13.0. The molecule has 0 saturated carbocycles. The number of nitrogens with one attached hydrogen (secondary N) is 1. The van der Waals surface area contributed by atoms with E-state index in [2.05, 4.69) is 5.32 Å². The largest absolute Gasteiger partial charge is 0.416 e. The van der Waals surface area contributed by atoms with Gasteiger partial charge in [0.15, 0.2) is 0 Å². The molecule has 2 aromatic rings. The van der Waals surface area contributed by atoms with Crippen molar-refractivity contribution in [3.05, 3.63) is 64.4 Å². The third kappa shape index (κ3) is 7.70. The van der Waals surface area contributed by atoms with Crippen LogP contribution >= 0.6 is 11.6 Å². The summed E-state index contributed by atoms with van der Waals surface area (Å²) in [4.78, 5) is 12.0. The second kappa shape index (κ2) is 10.3. The van der Waals surface area contributed by atoms with E-state index in [1.807, 2.05) is 0 Å². The highest BCUT2D eigenvalue weighted by molar-refractivity contribution is 7.92. The van der Waals surface area contributed by atoms with Gasteiger partial charge in [0.25, 0.3) is 0 Å². The van der Waals surface area contributed by atoms with Crippen molar-refractivity contribution in [3.8, 4) is 0 Å². The van der Waals surface area contributed by atoms with Crippen molar-refractivity contribution in [1.29, 1.82) is 0 Å². The van der Waals surface area contributed by atoms with E-state index in [-0.39, 0.29) is 41.8 Å². The number of halogens is 5. The molecule has 11 heteroatoms. The Kier molecular flexibility index (Phi) is 8.30. The molecule has 0 aliphatic carbocycles. The summed E-state index contributed by atoms with van der Waals surface area (Å²) in [5.41, 5.74) is -0.487. The SMILES string of the molecule is CS(=O)(=O)N(CCCC(=O)NCCc1ccc(F)cc1)c1cc(C(F)(F)F)ccc1Cl. The molecule has 1 N–H and O–H groups in total. The minimum Gasteiger partial charge on any atom is -0.356 e. The predicted molar refractivity (Wildman–Crippen MR) is 111 cm³/mol. The molecule has 5 nitrogen and oxygen atoms in total. The third-order valence-corrected chi connectivity index (χ3v) is 5.86. The first-order valence-electron chi connectivity index (χ1n) is 9.23. The van der Waals surface area contributed by atoms with Crippen LogP contribution in [0.15, 0.2) is 42.5 Å². The van der Waals surface area contributed by atoms with E-state index in [0.29, 0.717) is 19.0 Å². The fourth-order valence-electron chi connectivity index (χ4n) is 2.81. The van der Waals surface area contributed by atoms with E-state index < -0.39 is 21.8 Å². The molecule has 0 saturated heterocycles. The zero-order chi connectivity index (χ0) is 23.2. The van der Waals surface area contributed by atoms with Gasteiger partial charge in [-0.3, -0.25) is 9.10 Å². The Labute approximate surface area is 183 Å². The first-order chi connectivity index (χ1) is 14.4. The van der Waals surface area contributed by atoms with Gasteiger partial charge in [-0.25, -0.2) is 12.8 Å².